The molecule has 1 N–H and O–H groups in total. The molecule has 7 heteroatoms. The maximum Gasteiger partial charge on any atom is 0.226 e. The number of carbonyl (C=O) groups is 1. The van der Waals surface area contributed by atoms with Crippen LogP contribution in [0.4, 0.5) is 0 Å². The Morgan fingerprint density at radius 3 is 2.90 bits per heavy atom. The average Bonchev–Trinajstić information content (AvgIpc) is 3.38. The van der Waals surface area contributed by atoms with Crippen LogP contribution in [0, 0.1) is 9.49 Å². The molecule has 1 unspecified atom stereocenters. The van der Waals surface area contributed by atoms with Crippen LogP contribution in [0.25, 0.3) is 10.8 Å². The van der Waals surface area contributed by atoms with Crippen molar-refractivity contribution in [1.29, 1.82) is 0 Å². The number of halogens is 1. The fourth-order valence-corrected chi connectivity index (χ4v) is 3.90. The van der Waals surface area contributed by atoms with Gasteiger partial charge in [0.05, 0.1) is 23.2 Å². The Hall–Kier alpha value is -1.97. The highest BCUT2D eigenvalue weighted by Crippen LogP contribution is 2.20. The maximum absolute atomic E-state index is 12.2. The summed E-state index contributed by atoms with van der Waals surface area (Å²) in [6.45, 7) is 2.96. The summed E-state index contributed by atoms with van der Waals surface area (Å²) in [7, 11) is 0. The largest absolute Gasteiger partial charge is 0.381 e. The molecule has 152 valence electrons. The van der Waals surface area contributed by atoms with Crippen LogP contribution < -0.4 is 5.32 Å². The van der Waals surface area contributed by atoms with Gasteiger partial charge in [0.2, 0.25) is 5.91 Å². The summed E-state index contributed by atoms with van der Waals surface area (Å²) in [5, 5.41) is 9.41. The van der Waals surface area contributed by atoms with Crippen LogP contribution in [0.1, 0.15) is 23.4 Å². The molecule has 4 rings (SSSR count). The second-order valence-corrected chi connectivity index (χ2v) is 8.33. The first kappa shape index (κ1) is 20.3. The van der Waals surface area contributed by atoms with Crippen molar-refractivity contribution in [1.82, 2.24) is 10.5 Å². The third-order valence-corrected chi connectivity index (χ3v) is 6.24. The summed E-state index contributed by atoms with van der Waals surface area (Å²) in [4.78, 5) is 12.2. The van der Waals surface area contributed by atoms with Gasteiger partial charge in [-0.2, -0.15) is 0 Å². The number of hydrogen-bond acceptors (Lipinski definition) is 5. The molecule has 0 radical (unpaired) electrons. The predicted molar refractivity (Wildman–Crippen MR) is 117 cm³/mol. The van der Waals surface area contributed by atoms with Gasteiger partial charge in [0.15, 0.2) is 5.76 Å². The van der Waals surface area contributed by atoms with E-state index < -0.39 is 0 Å². The average molecular weight is 506 g/mol. The first-order valence-electron chi connectivity index (χ1n) is 9.72. The summed E-state index contributed by atoms with van der Waals surface area (Å²) < 4.78 is 17.4. The number of benzene rings is 2. The Kier molecular flexibility index (Phi) is 6.78. The maximum atomic E-state index is 12.2. The van der Waals surface area contributed by atoms with Crippen molar-refractivity contribution in [2.75, 3.05) is 19.8 Å². The lowest BCUT2D eigenvalue weighted by atomic mass is 10.1. The fraction of sp³-hybridized carbons (Fsp3) is 0.364. The highest BCUT2D eigenvalue weighted by molar-refractivity contribution is 14.1. The van der Waals surface area contributed by atoms with Crippen LogP contribution >= 0.6 is 22.6 Å². The molecule has 2 aromatic carbocycles. The Bertz CT molecular complexity index is 982. The van der Waals surface area contributed by atoms with Gasteiger partial charge in [-0.05, 0) is 51.4 Å². The van der Waals surface area contributed by atoms with Gasteiger partial charge in [-0.25, -0.2) is 0 Å². The minimum Gasteiger partial charge on any atom is -0.381 e. The Balaban J connectivity index is 1.27. The highest BCUT2D eigenvalue weighted by atomic mass is 127. The highest BCUT2D eigenvalue weighted by Gasteiger charge is 2.19. The number of nitrogens with one attached hydrogen (secondary N) is 1. The van der Waals surface area contributed by atoms with Gasteiger partial charge in [0, 0.05) is 19.1 Å². The summed E-state index contributed by atoms with van der Waals surface area (Å²) in [5.41, 5.74) is 1.75. The van der Waals surface area contributed by atoms with Crippen LogP contribution in [-0.4, -0.2) is 30.8 Å². The Morgan fingerprint density at radius 1 is 1.21 bits per heavy atom. The number of hydrogen-bond donors (Lipinski definition) is 1. The lowest BCUT2D eigenvalue weighted by Crippen LogP contribution is -2.30. The number of fused-ring (bicyclic) bond motifs is 1. The molecular weight excluding hydrogens is 483 g/mol. The number of amides is 1. The first-order valence-corrected chi connectivity index (χ1v) is 10.8. The smallest absolute Gasteiger partial charge is 0.226 e. The molecule has 1 fully saturated rings. The zero-order chi connectivity index (χ0) is 20.1. The van der Waals surface area contributed by atoms with Crippen molar-refractivity contribution >= 4 is 39.3 Å². The normalized spacial score (nSPS) is 16.4. The lowest BCUT2D eigenvalue weighted by Gasteiger charge is -2.08. The molecule has 2 heterocycles. The zero-order valence-electron chi connectivity index (χ0n) is 16.0. The minimum absolute atomic E-state index is 0.0493. The molecule has 1 atom stereocenters. The van der Waals surface area contributed by atoms with Crippen molar-refractivity contribution < 1.29 is 18.8 Å². The third-order valence-electron chi connectivity index (χ3n) is 5.02. The van der Waals surface area contributed by atoms with E-state index in [9.17, 15) is 4.79 Å². The van der Waals surface area contributed by atoms with Gasteiger partial charge < -0.3 is 19.3 Å². The monoisotopic (exact) mass is 506 g/mol. The van der Waals surface area contributed by atoms with E-state index in [0.29, 0.717) is 37.1 Å². The summed E-state index contributed by atoms with van der Waals surface area (Å²) in [5.74, 6) is 1.01. The van der Waals surface area contributed by atoms with Crippen LogP contribution in [0.3, 0.4) is 0 Å². The molecule has 6 nitrogen and oxygen atoms in total. The lowest BCUT2D eigenvalue weighted by molar-refractivity contribution is -0.120. The summed E-state index contributed by atoms with van der Waals surface area (Å²) in [6.07, 6.45) is 1.21. The molecule has 0 saturated carbocycles. The minimum atomic E-state index is -0.0493. The van der Waals surface area contributed by atoms with E-state index in [2.05, 4.69) is 63.4 Å². The number of aromatic nitrogens is 1. The van der Waals surface area contributed by atoms with E-state index in [1.807, 2.05) is 12.1 Å². The molecule has 29 heavy (non-hydrogen) atoms. The second-order valence-electron chi connectivity index (χ2n) is 7.25. The Morgan fingerprint density at radius 2 is 2.07 bits per heavy atom. The molecule has 1 saturated heterocycles. The molecule has 1 amide bonds. The van der Waals surface area contributed by atoms with Crippen LogP contribution in [-0.2, 0) is 33.9 Å². The van der Waals surface area contributed by atoms with E-state index in [0.717, 1.165) is 28.8 Å². The van der Waals surface area contributed by atoms with Crippen molar-refractivity contribution in [3.8, 4) is 0 Å². The van der Waals surface area contributed by atoms with Crippen molar-refractivity contribution in [3.05, 3.63) is 63.1 Å². The SMILES string of the molecule is O=C(Cc1noc(COCc2ccc3ccccc3c2)c1I)NCC1CCOC1. The third kappa shape index (κ3) is 5.34. The van der Waals surface area contributed by atoms with Gasteiger partial charge in [0.1, 0.15) is 12.3 Å². The standard InChI is InChI=1S/C22H23IN2O4/c23-22-19(10-21(26)24-11-16-7-8-27-13-16)25-29-20(22)14-28-12-15-5-6-17-3-1-2-4-18(17)9-15/h1-6,9,16H,7-8,10-14H2,(H,24,26). The van der Waals surface area contributed by atoms with E-state index in [1.165, 1.54) is 10.8 Å². The topological polar surface area (TPSA) is 73.6 Å². The molecule has 0 spiro atoms. The first-order chi connectivity index (χ1) is 14.2. The zero-order valence-corrected chi connectivity index (χ0v) is 18.2. The molecule has 0 bridgehead atoms. The van der Waals surface area contributed by atoms with Crippen molar-refractivity contribution in [3.63, 3.8) is 0 Å². The molecule has 1 aliphatic rings. The van der Waals surface area contributed by atoms with Crippen LogP contribution in [0.15, 0.2) is 47.0 Å². The van der Waals surface area contributed by atoms with E-state index in [1.54, 1.807) is 0 Å². The van der Waals surface area contributed by atoms with E-state index >= 15 is 0 Å². The van der Waals surface area contributed by atoms with Crippen molar-refractivity contribution in [2.24, 2.45) is 5.92 Å². The molecule has 3 aromatic rings. The summed E-state index contributed by atoms with van der Waals surface area (Å²) in [6, 6.07) is 14.5. The molecule has 0 aliphatic carbocycles. The number of ether oxygens (including phenoxy) is 2. The molecule has 1 aromatic heterocycles. The predicted octanol–water partition coefficient (Wildman–Crippen LogP) is 3.84. The van der Waals surface area contributed by atoms with Gasteiger partial charge in [-0.15, -0.1) is 0 Å². The summed E-state index contributed by atoms with van der Waals surface area (Å²) >= 11 is 2.17. The second kappa shape index (κ2) is 9.69. The molecular formula is C22H23IN2O4. The number of carbonyl (C=O) groups excluding carboxylic acids is 1. The fourth-order valence-electron chi connectivity index (χ4n) is 3.36. The number of rotatable bonds is 8. The van der Waals surface area contributed by atoms with Crippen molar-refractivity contribution in [2.45, 2.75) is 26.1 Å². The van der Waals surface area contributed by atoms with E-state index in [4.69, 9.17) is 14.0 Å². The molecule has 1 aliphatic heterocycles. The van der Waals surface area contributed by atoms with Gasteiger partial charge in [-0.1, -0.05) is 41.6 Å². The van der Waals surface area contributed by atoms with Crippen LogP contribution in [0.5, 0.6) is 0 Å². The number of nitrogens with zero attached hydrogens (tertiary/aromatic N) is 1. The van der Waals surface area contributed by atoms with Gasteiger partial charge in [-0.3, -0.25) is 4.79 Å². The van der Waals surface area contributed by atoms with E-state index in [-0.39, 0.29) is 12.3 Å². The van der Waals surface area contributed by atoms with Gasteiger partial charge >= 0.3 is 0 Å². The van der Waals surface area contributed by atoms with Gasteiger partial charge in [0.25, 0.3) is 0 Å². The quantitative estimate of drug-likeness (QED) is 0.470. The Labute approximate surface area is 183 Å². The van der Waals surface area contributed by atoms with Crippen LogP contribution in [0.2, 0.25) is 0 Å².